The van der Waals surface area contributed by atoms with E-state index in [1.807, 2.05) is 19.1 Å². The molecule has 0 saturated carbocycles. The highest BCUT2D eigenvalue weighted by Gasteiger charge is 2.14. The number of fused-ring (bicyclic) bond motifs is 1. The maximum absolute atomic E-state index is 13.0. The van der Waals surface area contributed by atoms with Crippen molar-refractivity contribution < 1.29 is 14.3 Å². The molecule has 2 N–H and O–H groups in total. The molecule has 0 fully saturated rings. The molecule has 3 aromatic rings. The molecule has 9 heteroatoms. The lowest BCUT2D eigenvalue weighted by Crippen LogP contribution is -2.21. The van der Waals surface area contributed by atoms with Crippen LogP contribution in [0.5, 0.6) is 11.5 Å². The summed E-state index contributed by atoms with van der Waals surface area (Å²) in [6, 6.07) is 8.88. The highest BCUT2D eigenvalue weighted by atomic mass is 79.9. The van der Waals surface area contributed by atoms with E-state index < -0.39 is 5.91 Å². The van der Waals surface area contributed by atoms with Crippen molar-refractivity contribution in [1.29, 1.82) is 0 Å². The fraction of sp³-hybridized carbons (Fsp3) is 0.217. The van der Waals surface area contributed by atoms with Gasteiger partial charge in [0.1, 0.15) is 5.82 Å². The Balaban J connectivity index is 2.07. The number of hydrogen-bond acceptors (Lipinski definition) is 6. The Bertz CT molecular complexity index is 1270. The molecule has 1 amide bonds. The van der Waals surface area contributed by atoms with Gasteiger partial charge in [0.25, 0.3) is 11.5 Å². The Morgan fingerprint density at radius 1 is 1.31 bits per heavy atom. The second-order valence-electron chi connectivity index (χ2n) is 6.87. The minimum absolute atomic E-state index is 0.273. The van der Waals surface area contributed by atoms with Gasteiger partial charge in [0.2, 0.25) is 0 Å². The quantitative estimate of drug-likeness (QED) is 0.359. The molecule has 0 aliphatic carbocycles. The third-order valence-corrected chi connectivity index (χ3v) is 4.96. The Morgan fingerprint density at radius 3 is 2.78 bits per heavy atom. The smallest absolute Gasteiger partial charge is 0.282 e. The molecule has 0 atom stereocenters. The molecule has 1 aromatic heterocycles. The standard InChI is InChI=1S/C23H23BrN4O4/c1-4-6-16-9-15(10-20(31-5-2)22(16)32-13-21(25)29)12-26-28-14(3)27-19-8-7-17(24)11-18(19)23(28)30/h4,7-12H,1,5-6,13H2,2-3H3,(H2,25,29). The van der Waals surface area contributed by atoms with E-state index in [0.29, 0.717) is 46.8 Å². The van der Waals surface area contributed by atoms with Crippen molar-refractivity contribution in [3.8, 4) is 11.5 Å². The third-order valence-electron chi connectivity index (χ3n) is 4.47. The Labute approximate surface area is 193 Å². The van der Waals surface area contributed by atoms with Crippen LogP contribution in [0.4, 0.5) is 0 Å². The predicted molar refractivity (Wildman–Crippen MR) is 128 cm³/mol. The summed E-state index contributed by atoms with van der Waals surface area (Å²) < 4.78 is 13.3. The van der Waals surface area contributed by atoms with Gasteiger partial charge < -0.3 is 15.2 Å². The normalized spacial score (nSPS) is 11.1. The van der Waals surface area contributed by atoms with E-state index in [1.165, 1.54) is 4.68 Å². The van der Waals surface area contributed by atoms with Crippen molar-refractivity contribution in [1.82, 2.24) is 9.66 Å². The lowest BCUT2D eigenvalue weighted by Gasteiger charge is -2.16. The van der Waals surface area contributed by atoms with E-state index in [4.69, 9.17) is 15.2 Å². The number of allylic oxidation sites excluding steroid dienone is 1. The number of amides is 1. The van der Waals surface area contributed by atoms with Crippen molar-refractivity contribution in [2.45, 2.75) is 20.3 Å². The van der Waals surface area contributed by atoms with E-state index >= 15 is 0 Å². The van der Waals surface area contributed by atoms with Gasteiger partial charge in [0.15, 0.2) is 18.1 Å². The van der Waals surface area contributed by atoms with Gasteiger partial charge in [-0.1, -0.05) is 22.0 Å². The molecule has 1 heterocycles. The van der Waals surface area contributed by atoms with Crippen molar-refractivity contribution in [3.05, 3.63) is 74.8 Å². The number of aromatic nitrogens is 2. The number of ether oxygens (including phenoxy) is 2. The minimum atomic E-state index is -0.590. The maximum Gasteiger partial charge on any atom is 0.282 e. The number of primary amides is 1. The minimum Gasteiger partial charge on any atom is -0.490 e. The summed E-state index contributed by atoms with van der Waals surface area (Å²) in [7, 11) is 0. The van der Waals surface area contributed by atoms with Gasteiger partial charge in [-0.05, 0) is 56.2 Å². The number of hydrogen-bond donors (Lipinski definition) is 1. The molecule has 0 aliphatic heterocycles. The van der Waals surface area contributed by atoms with Crippen molar-refractivity contribution in [3.63, 3.8) is 0 Å². The van der Waals surface area contributed by atoms with Gasteiger partial charge >= 0.3 is 0 Å². The first-order chi connectivity index (χ1) is 15.3. The van der Waals surface area contributed by atoms with Crippen LogP contribution in [0.25, 0.3) is 10.9 Å². The number of benzene rings is 2. The highest BCUT2D eigenvalue weighted by molar-refractivity contribution is 9.10. The first-order valence-corrected chi connectivity index (χ1v) is 10.7. The lowest BCUT2D eigenvalue weighted by molar-refractivity contribution is -0.119. The zero-order valence-corrected chi connectivity index (χ0v) is 19.4. The van der Waals surface area contributed by atoms with Gasteiger partial charge in [0.05, 0.1) is 23.7 Å². The molecule has 0 spiro atoms. The molecular weight excluding hydrogens is 476 g/mol. The first-order valence-electron chi connectivity index (χ1n) is 9.89. The average Bonchev–Trinajstić information content (AvgIpc) is 2.74. The van der Waals surface area contributed by atoms with Crippen molar-refractivity contribution >= 4 is 39.0 Å². The summed E-state index contributed by atoms with van der Waals surface area (Å²) in [5.74, 6) is 0.735. The van der Waals surface area contributed by atoms with Crippen LogP contribution >= 0.6 is 15.9 Å². The fourth-order valence-corrected chi connectivity index (χ4v) is 3.52. The fourth-order valence-electron chi connectivity index (χ4n) is 3.16. The maximum atomic E-state index is 13.0. The Morgan fingerprint density at radius 2 is 2.09 bits per heavy atom. The Kier molecular flexibility index (Phi) is 7.42. The summed E-state index contributed by atoms with van der Waals surface area (Å²) in [6.45, 7) is 7.45. The summed E-state index contributed by atoms with van der Waals surface area (Å²) in [5.41, 5.74) is 6.97. The molecule has 8 nitrogen and oxygen atoms in total. The zero-order valence-electron chi connectivity index (χ0n) is 17.8. The zero-order chi connectivity index (χ0) is 23.3. The third kappa shape index (κ3) is 5.23. The van der Waals surface area contributed by atoms with Crippen LogP contribution < -0.4 is 20.8 Å². The molecule has 2 aromatic carbocycles. The van der Waals surface area contributed by atoms with Crippen molar-refractivity contribution in [2.24, 2.45) is 10.8 Å². The number of nitrogens with two attached hydrogens (primary N) is 1. The number of halogens is 1. The average molecular weight is 499 g/mol. The molecule has 0 bridgehead atoms. The molecule has 0 saturated heterocycles. The SMILES string of the molecule is C=CCc1cc(C=Nn2c(C)nc3ccc(Br)cc3c2=O)cc(OCC)c1OCC(N)=O. The molecule has 0 radical (unpaired) electrons. The van der Waals surface area contributed by atoms with E-state index in [1.54, 1.807) is 37.4 Å². The topological polar surface area (TPSA) is 109 Å². The summed E-state index contributed by atoms with van der Waals surface area (Å²) in [6.07, 6.45) is 3.73. The van der Waals surface area contributed by atoms with E-state index in [9.17, 15) is 9.59 Å². The second kappa shape index (κ2) is 10.2. The molecule has 0 aliphatic rings. The number of carbonyl (C=O) groups is 1. The second-order valence-corrected chi connectivity index (χ2v) is 7.79. The first kappa shape index (κ1) is 23.2. The number of carbonyl (C=O) groups excluding carboxylic acids is 1. The van der Waals surface area contributed by atoms with Crippen LogP contribution in [-0.4, -0.2) is 35.0 Å². The van der Waals surface area contributed by atoms with Gasteiger partial charge in [-0.2, -0.15) is 9.78 Å². The van der Waals surface area contributed by atoms with Crippen LogP contribution in [0.15, 0.2) is 57.4 Å². The largest absolute Gasteiger partial charge is 0.490 e. The number of aryl methyl sites for hydroxylation is 1. The van der Waals surface area contributed by atoms with Crippen LogP contribution in [0, 0.1) is 6.92 Å². The van der Waals surface area contributed by atoms with E-state index in [2.05, 4.69) is 32.6 Å². The summed E-state index contributed by atoms with van der Waals surface area (Å²) in [5, 5.41) is 4.82. The number of rotatable bonds is 9. The Hall–Kier alpha value is -3.46. The van der Waals surface area contributed by atoms with Crippen molar-refractivity contribution in [2.75, 3.05) is 13.2 Å². The lowest BCUT2D eigenvalue weighted by atomic mass is 10.1. The molecule has 32 heavy (non-hydrogen) atoms. The van der Waals surface area contributed by atoms with Crippen LogP contribution in [-0.2, 0) is 11.2 Å². The molecule has 0 unspecified atom stereocenters. The van der Waals surface area contributed by atoms with Gasteiger partial charge in [0, 0.05) is 10.0 Å². The predicted octanol–water partition coefficient (Wildman–Crippen LogP) is 3.34. The highest BCUT2D eigenvalue weighted by Crippen LogP contribution is 2.33. The summed E-state index contributed by atoms with van der Waals surface area (Å²) in [4.78, 5) is 28.6. The van der Waals surface area contributed by atoms with Crippen LogP contribution in [0.1, 0.15) is 23.9 Å². The molecular formula is C23H23BrN4O4. The van der Waals surface area contributed by atoms with Gasteiger partial charge in [-0.3, -0.25) is 9.59 Å². The summed E-state index contributed by atoms with van der Waals surface area (Å²) >= 11 is 3.38. The van der Waals surface area contributed by atoms with Crippen LogP contribution in [0.3, 0.4) is 0 Å². The molecule has 166 valence electrons. The van der Waals surface area contributed by atoms with E-state index in [-0.39, 0.29) is 12.2 Å². The van der Waals surface area contributed by atoms with Gasteiger partial charge in [-0.15, -0.1) is 6.58 Å². The van der Waals surface area contributed by atoms with Gasteiger partial charge in [-0.25, -0.2) is 4.98 Å². The molecule has 3 rings (SSSR count). The number of nitrogens with zero attached hydrogens (tertiary/aromatic N) is 3. The van der Waals surface area contributed by atoms with Crippen LogP contribution in [0.2, 0.25) is 0 Å². The van der Waals surface area contributed by atoms with E-state index in [0.717, 1.165) is 10.0 Å². The monoisotopic (exact) mass is 498 g/mol.